The van der Waals surface area contributed by atoms with Gasteiger partial charge in [0.05, 0.1) is 24.6 Å². The van der Waals surface area contributed by atoms with E-state index in [4.69, 9.17) is 0 Å². The number of aromatic nitrogens is 4. The van der Waals surface area contributed by atoms with Gasteiger partial charge in [-0.1, -0.05) is 0 Å². The van der Waals surface area contributed by atoms with Crippen molar-refractivity contribution in [1.82, 2.24) is 19.6 Å². The zero-order chi connectivity index (χ0) is 21.1. The zero-order valence-electron chi connectivity index (χ0n) is 15.6. The van der Waals surface area contributed by atoms with Gasteiger partial charge in [-0.05, 0) is 19.9 Å². The SMILES string of the molecule is CCn1ncc(/C=C/C(=O)Nc2cnn(Cc3c(F)cc(F)c(F)c3F)c2)c1C. The molecule has 29 heavy (non-hydrogen) atoms. The lowest BCUT2D eigenvalue weighted by atomic mass is 10.2. The largest absolute Gasteiger partial charge is 0.320 e. The van der Waals surface area contributed by atoms with Crippen LogP contribution >= 0.6 is 0 Å². The zero-order valence-corrected chi connectivity index (χ0v) is 15.6. The van der Waals surface area contributed by atoms with E-state index >= 15 is 0 Å². The van der Waals surface area contributed by atoms with E-state index in [2.05, 4.69) is 15.5 Å². The third-order valence-electron chi connectivity index (χ3n) is 4.28. The van der Waals surface area contributed by atoms with Crippen LogP contribution in [0, 0.1) is 30.2 Å². The van der Waals surface area contributed by atoms with Crippen LogP contribution in [0.2, 0.25) is 0 Å². The maximum absolute atomic E-state index is 13.8. The fraction of sp³-hybridized carbons (Fsp3) is 0.211. The Hall–Kier alpha value is -3.43. The van der Waals surface area contributed by atoms with Crippen molar-refractivity contribution < 1.29 is 22.4 Å². The van der Waals surface area contributed by atoms with Crippen LogP contribution in [0.15, 0.2) is 30.7 Å². The number of hydrogen-bond acceptors (Lipinski definition) is 3. The van der Waals surface area contributed by atoms with Gasteiger partial charge in [-0.3, -0.25) is 14.2 Å². The summed E-state index contributed by atoms with van der Waals surface area (Å²) >= 11 is 0. The standard InChI is InChI=1S/C19H17F4N5O/c1-3-28-11(2)12(7-25-28)4-5-17(29)26-13-8-24-27(9-13)10-14-15(20)6-16(21)19(23)18(14)22/h4-9H,3,10H2,1-2H3,(H,26,29)/b5-4+. The van der Waals surface area contributed by atoms with Gasteiger partial charge in [-0.15, -0.1) is 0 Å². The number of carbonyl (C=O) groups is 1. The van der Waals surface area contributed by atoms with Crippen LogP contribution in [0.25, 0.3) is 6.08 Å². The van der Waals surface area contributed by atoms with Crippen molar-refractivity contribution in [3.63, 3.8) is 0 Å². The molecule has 6 nitrogen and oxygen atoms in total. The first-order valence-electron chi connectivity index (χ1n) is 8.66. The molecule has 0 aliphatic rings. The van der Waals surface area contributed by atoms with Crippen LogP contribution in [0.4, 0.5) is 23.2 Å². The summed E-state index contributed by atoms with van der Waals surface area (Å²) in [5.41, 5.74) is 1.30. The molecule has 2 aromatic heterocycles. The maximum atomic E-state index is 13.8. The molecule has 0 aliphatic carbocycles. The molecule has 2 heterocycles. The molecule has 1 aromatic carbocycles. The molecule has 0 unspecified atom stereocenters. The van der Waals surface area contributed by atoms with Crippen molar-refractivity contribution in [1.29, 1.82) is 0 Å². The van der Waals surface area contributed by atoms with E-state index in [-0.39, 0.29) is 11.8 Å². The highest BCUT2D eigenvalue weighted by Gasteiger charge is 2.19. The van der Waals surface area contributed by atoms with Crippen molar-refractivity contribution in [3.05, 3.63) is 70.8 Å². The number of anilines is 1. The van der Waals surface area contributed by atoms with E-state index in [0.717, 1.165) is 15.9 Å². The van der Waals surface area contributed by atoms with Gasteiger partial charge in [0.25, 0.3) is 0 Å². The Morgan fingerprint density at radius 1 is 1.14 bits per heavy atom. The molecule has 0 saturated heterocycles. The third-order valence-corrected chi connectivity index (χ3v) is 4.28. The molecule has 1 N–H and O–H groups in total. The number of nitrogens with zero attached hydrogens (tertiary/aromatic N) is 4. The second kappa shape index (κ2) is 8.29. The molecular weight excluding hydrogens is 390 g/mol. The summed E-state index contributed by atoms with van der Waals surface area (Å²) in [5, 5.41) is 10.6. The van der Waals surface area contributed by atoms with Crippen molar-refractivity contribution >= 4 is 17.7 Å². The van der Waals surface area contributed by atoms with Gasteiger partial charge in [-0.25, -0.2) is 17.6 Å². The summed E-state index contributed by atoms with van der Waals surface area (Å²) in [6, 6.07) is 0.271. The third kappa shape index (κ3) is 4.36. The lowest BCUT2D eigenvalue weighted by Gasteiger charge is -2.06. The van der Waals surface area contributed by atoms with Crippen molar-refractivity contribution in [2.75, 3.05) is 5.32 Å². The van der Waals surface area contributed by atoms with Gasteiger partial charge in [0, 0.05) is 41.7 Å². The Labute approximate surface area is 163 Å². The normalized spacial score (nSPS) is 11.4. The minimum absolute atomic E-state index is 0.268. The van der Waals surface area contributed by atoms with Crippen LogP contribution < -0.4 is 5.32 Å². The quantitative estimate of drug-likeness (QED) is 0.294. The summed E-state index contributed by atoms with van der Waals surface area (Å²) in [5.74, 6) is -6.65. The topological polar surface area (TPSA) is 64.7 Å². The number of halogens is 4. The number of benzene rings is 1. The molecule has 0 saturated carbocycles. The van der Waals surface area contributed by atoms with E-state index < -0.39 is 41.3 Å². The molecule has 3 aromatic rings. The fourth-order valence-electron chi connectivity index (χ4n) is 2.72. The van der Waals surface area contributed by atoms with Crippen molar-refractivity contribution in [3.8, 4) is 0 Å². The first-order chi connectivity index (χ1) is 13.8. The fourth-order valence-corrected chi connectivity index (χ4v) is 2.72. The average Bonchev–Trinajstić information content (AvgIpc) is 3.27. The van der Waals surface area contributed by atoms with Crippen LogP contribution in [-0.2, 0) is 17.9 Å². The Kier molecular flexibility index (Phi) is 5.81. The minimum Gasteiger partial charge on any atom is -0.320 e. The summed E-state index contributed by atoms with van der Waals surface area (Å²) in [6.45, 7) is 4.07. The van der Waals surface area contributed by atoms with Crippen molar-refractivity contribution in [2.45, 2.75) is 26.9 Å². The Balaban J connectivity index is 1.68. The van der Waals surface area contributed by atoms with E-state index in [0.29, 0.717) is 6.54 Å². The van der Waals surface area contributed by atoms with E-state index in [1.54, 1.807) is 17.0 Å². The number of carbonyl (C=O) groups excluding carboxylic acids is 1. The van der Waals surface area contributed by atoms with E-state index in [1.165, 1.54) is 18.5 Å². The number of nitrogens with one attached hydrogen (secondary N) is 1. The molecule has 0 fully saturated rings. The Morgan fingerprint density at radius 2 is 1.90 bits per heavy atom. The Morgan fingerprint density at radius 3 is 2.59 bits per heavy atom. The predicted octanol–water partition coefficient (Wildman–Crippen LogP) is 3.66. The molecule has 3 rings (SSSR count). The van der Waals surface area contributed by atoms with Crippen LogP contribution in [0.3, 0.4) is 0 Å². The average molecular weight is 407 g/mol. The molecule has 152 valence electrons. The number of aryl methyl sites for hydroxylation is 1. The van der Waals surface area contributed by atoms with Gasteiger partial charge < -0.3 is 5.32 Å². The smallest absolute Gasteiger partial charge is 0.248 e. The van der Waals surface area contributed by atoms with Crippen molar-refractivity contribution in [2.24, 2.45) is 0 Å². The molecule has 1 amide bonds. The lowest BCUT2D eigenvalue weighted by molar-refractivity contribution is -0.111. The molecule has 0 radical (unpaired) electrons. The molecular formula is C19H17F4N5O. The van der Waals surface area contributed by atoms with Gasteiger partial charge in [-0.2, -0.15) is 10.2 Å². The predicted molar refractivity (Wildman–Crippen MR) is 97.9 cm³/mol. The van der Waals surface area contributed by atoms with Gasteiger partial charge in [0.15, 0.2) is 17.5 Å². The lowest BCUT2D eigenvalue weighted by Crippen LogP contribution is -2.09. The van der Waals surface area contributed by atoms with E-state index in [1.807, 2.05) is 13.8 Å². The van der Waals surface area contributed by atoms with Crippen LogP contribution in [-0.4, -0.2) is 25.5 Å². The van der Waals surface area contributed by atoms with Crippen LogP contribution in [0.1, 0.15) is 23.7 Å². The Bertz CT molecular complexity index is 1090. The maximum Gasteiger partial charge on any atom is 0.248 e. The molecule has 0 aliphatic heterocycles. The summed E-state index contributed by atoms with van der Waals surface area (Å²) < 4.78 is 56.7. The number of hydrogen-bond donors (Lipinski definition) is 1. The number of rotatable bonds is 6. The first-order valence-corrected chi connectivity index (χ1v) is 8.66. The van der Waals surface area contributed by atoms with Gasteiger partial charge in [0.1, 0.15) is 5.82 Å². The van der Waals surface area contributed by atoms with E-state index in [9.17, 15) is 22.4 Å². The van der Waals surface area contributed by atoms with Gasteiger partial charge in [0.2, 0.25) is 5.91 Å². The molecule has 0 atom stereocenters. The highest BCUT2D eigenvalue weighted by atomic mass is 19.2. The second-order valence-corrected chi connectivity index (χ2v) is 6.20. The summed E-state index contributed by atoms with van der Waals surface area (Å²) in [6.07, 6.45) is 7.15. The molecule has 0 spiro atoms. The second-order valence-electron chi connectivity index (χ2n) is 6.20. The molecule has 0 bridgehead atoms. The highest BCUT2D eigenvalue weighted by Crippen LogP contribution is 2.20. The summed E-state index contributed by atoms with van der Waals surface area (Å²) in [7, 11) is 0. The minimum atomic E-state index is -1.76. The summed E-state index contributed by atoms with van der Waals surface area (Å²) in [4.78, 5) is 12.1. The monoisotopic (exact) mass is 407 g/mol. The first kappa shape index (κ1) is 20.3. The van der Waals surface area contributed by atoms with Crippen LogP contribution in [0.5, 0.6) is 0 Å². The number of amides is 1. The van der Waals surface area contributed by atoms with Gasteiger partial charge >= 0.3 is 0 Å². The highest BCUT2D eigenvalue weighted by molar-refractivity contribution is 6.01. The molecule has 10 heteroatoms.